The lowest BCUT2D eigenvalue weighted by molar-refractivity contribution is 0.398. The van der Waals surface area contributed by atoms with E-state index in [9.17, 15) is 4.79 Å². The Morgan fingerprint density at radius 2 is 1.96 bits per heavy atom. The molecule has 1 aromatic carbocycles. The van der Waals surface area contributed by atoms with Crippen LogP contribution < -0.4 is 10.3 Å². The summed E-state index contributed by atoms with van der Waals surface area (Å²) in [5.74, 6) is 0.580. The van der Waals surface area contributed by atoms with E-state index in [2.05, 4.69) is 20.2 Å². The second-order valence-corrected chi connectivity index (χ2v) is 5.84. The Bertz CT molecular complexity index is 1140. The van der Waals surface area contributed by atoms with Gasteiger partial charge >= 0.3 is 0 Å². The highest BCUT2D eigenvalue weighted by molar-refractivity contribution is 6.03. The van der Waals surface area contributed by atoms with Gasteiger partial charge in [-0.2, -0.15) is 5.10 Å². The van der Waals surface area contributed by atoms with Gasteiger partial charge in [-0.1, -0.05) is 12.1 Å². The standard InChI is InChI=1S/C18H16N4O2/c1-9-6-10(2)20-18(24-3)15(9)11-4-5-12-14(7-11)21-17(23)13-8-19-22-16(12)13/h4-8H,1-3H3,(H,19,22)(H,21,23). The summed E-state index contributed by atoms with van der Waals surface area (Å²) in [6, 6.07) is 7.93. The summed E-state index contributed by atoms with van der Waals surface area (Å²) >= 11 is 0. The van der Waals surface area contributed by atoms with E-state index in [0.717, 1.165) is 38.8 Å². The van der Waals surface area contributed by atoms with Crippen molar-refractivity contribution in [2.24, 2.45) is 0 Å². The van der Waals surface area contributed by atoms with Crippen LogP contribution in [0.15, 0.2) is 35.3 Å². The van der Waals surface area contributed by atoms with E-state index in [4.69, 9.17) is 4.74 Å². The Morgan fingerprint density at radius 3 is 2.75 bits per heavy atom. The number of rotatable bonds is 2. The Hall–Kier alpha value is -3.15. The summed E-state index contributed by atoms with van der Waals surface area (Å²) in [4.78, 5) is 19.6. The fourth-order valence-electron chi connectivity index (χ4n) is 3.18. The molecule has 2 N–H and O–H groups in total. The van der Waals surface area contributed by atoms with Gasteiger partial charge in [0.05, 0.1) is 29.7 Å². The van der Waals surface area contributed by atoms with E-state index in [1.807, 2.05) is 38.1 Å². The lowest BCUT2D eigenvalue weighted by atomic mass is 9.99. The first-order chi connectivity index (χ1) is 11.6. The normalized spacial score (nSPS) is 11.3. The summed E-state index contributed by atoms with van der Waals surface area (Å²) in [6.45, 7) is 3.96. The fourth-order valence-corrected chi connectivity index (χ4v) is 3.18. The third kappa shape index (κ3) is 2.07. The number of H-pyrrole nitrogens is 2. The molecule has 6 nitrogen and oxygen atoms in total. The number of hydrogen-bond donors (Lipinski definition) is 2. The Balaban J connectivity index is 2.03. The van der Waals surface area contributed by atoms with Crippen molar-refractivity contribution in [3.05, 3.63) is 52.1 Å². The van der Waals surface area contributed by atoms with E-state index in [-0.39, 0.29) is 5.56 Å². The molecule has 120 valence electrons. The lowest BCUT2D eigenvalue weighted by Gasteiger charge is -2.13. The van der Waals surface area contributed by atoms with Crippen molar-refractivity contribution in [3.63, 3.8) is 0 Å². The quantitative estimate of drug-likeness (QED) is 0.594. The van der Waals surface area contributed by atoms with Gasteiger partial charge in [-0.05, 0) is 37.1 Å². The zero-order valence-corrected chi connectivity index (χ0v) is 13.6. The zero-order chi connectivity index (χ0) is 16.8. The molecule has 0 radical (unpaired) electrons. The van der Waals surface area contributed by atoms with Crippen LogP contribution in [0, 0.1) is 13.8 Å². The van der Waals surface area contributed by atoms with Crippen molar-refractivity contribution in [2.75, 3.05) is 7.11 Å². The first kappa shape index (κ1) is 14.4. The Morgan fingerprint density at radius 1 is 1.12 bits per heavy atom. The van der Waals surface area contributed by atoms with Gasteiger partial charge in [0.15, 0.2) is 0 Å². The summed E-state index contributed by atoms with van der Waals surface area (Å²) in [5.41, 5.74) is 5.18. The topological polar surface area (TPSA) is 83.7 Å². The van der Waals surface area contributed by atoms with E-state index in [1.165, 1.54) is 0 Å². The van der Waals surface area contributed by atoms with Gasteiger partial charge in [0.25, 0.3) is 5.56 Å². The second kappa shape index (κ2) is 5.19. The molecule has 0 atom stereocenters. The van der Waals surface area contributed by atoms with Gasteiger partial charge < -0.3 is 9.72 Å². The van der Waals surface area contributed by atoms with Crippen molar-refractivity contribution >= 4 is 21.8 Å². The summed E-state index contributed by atoms with van der Waals surface area (Å²) in [6.07, 6.45) is 1.54. The molecule has 0 aliphatic carbocycles. The number of ether oxygens (including phenoxy) is 1. The van der Waals surface area contributed by atoms with Gasteiger partial charge in [-0.3, -0.25) is 9.89 Å². The van der Waals surface area contributed by atoms with Crippen LogP contribution in [-0.4, -0.2) is 27.3 Å². The van der Waals surface area contributed by atoms with E-state index >= 15 is 0 Å². The van der Waals surface area contributed by atoms with Crippen molar-refractivity contribution < 1.29 is 4.74 Å². The van der Waals surface area contributed by atoms with Crippen LogP contribution in [0.5, 0.6) is 5.88 Å². The lowest BCUT2D eigenvalue weighted by Crippen LogP contribution is -2.05. The third-order valence-corrected chi connectivity index (χ3v) is 4.21. The number of benzene rings is 1. The molecule has 4 aromatic rings. The zero-order valence-electron chi connectivity index (χ0n) is 13.6. The van der Waals surface area contributed by atoms with Crippen LogP contribution in [0.3, 0.4) is 0 Å². The van der Waals surface area contributed by atoms with Gasteiger partial charge in [-0.25, -0.2) is 4.98 Å². The van der Waals surface area contributed by atoms with Crippen LogP contribution in [0.1, 0.15) is 11.3 Å². The minimum absolute atomic E-state index is 0.158. The minimum atomic E-state index is -0.158. The Kier molecular flexibility index (Phi) is 3.13. The van der Waals surface area contributed by atoms with Crippen molar-refractivity contribution in [1.29, 1.82) is 0 Å². The first-order valence-corrected chi connectivity index (χ1v) is 7.60. The van der Waals surface area contributed by atoms with Crippen LogP contribution in [0.25, 0.3) is 32.9 Å². The van der Waals surface area contributed by atoms with Crippen molar-refractivity contribution in [1.82, 2.24) is 20.2 Å². The smallest absolute Gasteiger partial charge is 0.259 e. The Labute approximate surface area is 137 Å². The average molecular weight is 320 g/mol. The minimum Gasteiger partial charge on any atom is -0.481 e. The third-order valence-electron chi connectivity index (χ3n) is 4.21. The molecule has 0 aliphatic rings. The van der Waals surface area contributed by atoms with Crippen molar-refractivity contribution in [2.45, 2.75) is 13.8 Å². The molecule has 0 bridgehead atoms. The predicted octanol–water partition coefficient (Wildman–Crippen LogP) is 3.09. The summed E-state index contributed by atoms with van der Waals surface area (Å²) in [7, 11) is 1.61. The number of pyridine rings is 2. The largest absolute Gasteiger partial charge is 0.481 e. The number of nitrogens with one attached hydrogen (secondary N) is 2. The number of hydrogen-bond acceptors (Lipinski definition) is 4. The van der Waals surface area contributed by atoms with Crippen LogP contribution >= 0.6 is 0 Å². The average Bonchev–Trinajstić information content (AvgIpc) is 3.04. The molecule has 0 spiro atoms. The molecule has 0 aliphatic heterocycles. The van der Waals surface area contributed by atoms with E-state index < -0.39 is 0 Å². The molecule has 24 heavy (non-hydrogen) atoms. The number of nitrogens with zero attached hydrogens (tertiary/aromatic N) is 2. The molecule has 6 heteroatoms. The molecule has 0 amide bonds. The molecule has 0 saturated heterocycles. The number of fused-ring (bicyclic) bond motifs is 3. The summed E-state index contributed by atoms with van der Waals surface area (Å²) in [5, 5.41) is 8.34. The maximum Gasteiger partial charge on any atom is 0.259 e. The molecular formula is C18H16N4O2. The first-order valence-electron chi connectivity index (χ1n) is 7.60. The number of aromatic amines is 2. The molecule has 0 fully saturated rings. The van der Waals surface area contributed by atoms with Crippen LogP contribution in [0.2, 0.25) is 0 Å². The number of aromatic nitrogens is 4. The molecule has 0 unspecified atom stereocenters. The second-order valence-electron chi connectivity index (χ2n) is 5.84. The van der Waals surface area contributed by atoms with Gasteiger partial charge in [0.2, 0.25) is 5.88 Å². The number of methoxy groups -OCH3 is 1. The molecular weight excluding hydrogens is 304 g/mol. The monoisotopic (exact) mass is 320 g/mol. The van der Waals surface area contributed by atoms with Crippen molar-refractivity contribution in [3.8, 4) is 17.0 Å². The van der Waals surface area contributed by atoms with E-state index in [0.29, 0.717) is 11.3 Å². The number of aryl methyl sites for hydroxylation is 2. The van der Waals surface area contributed by atoms with Crippen LogP contribution in [0.4, 0.5) is 0 Å². The van der Waals surface area contributed by atoms with E-state index in [1.54, 1.807) is 13.3 Å². The van der Waals surface area contributed by atoms with Crippen LogP contribution in [-0.2, 0) is 0 Å². The fraction of sp³-hybridized carbons (Fsp3) is 0.167. The molecule has 4 rings (SSSR count). The predicted molar refractivity (Wildman–Crippen MR) is 93.5 cm³/mol. The van der Waals surface area contributed by atoms with Gasteiger partial charge in [0, 0.05) is 16.6 Å². The summed E-state index contributed by atoms with van der Waals surface area (Å²) < 4.78 is 5.46. The highest BCUT2D eigenvalue weighted by Gasteiger charge is 2.14. The maximum absolute atomic E-state index is 12.2. The molecule has 0 saturated carbocycles. The highest BCUT2D eigenvalue weighted by atomic mass is 16.5. The molecule has 3 heterocycles. The molecule has 3 aromatic heterocycles. The van der Waals surface area contributed by atoms with Gasteiger partial charge in [-0.15, -0.1) is 0 Å². The SMILES string of the molecule is COc1nc(C)cc(C)c1-c1ccc2c(c1)[nH]c(=O)c1cn[nH]c12. The highest BCUT2D eigenvalue weighted by Crippen LogP contribution is 2.34. The maximum atomic E-state index is 12.2. The van der Waals surface area contributed by atoms with Gasteiger partial charge in [0.1, 0.15) is 0 Å².